The third-order valence-corrected chi connectivity index (χ3v) is 7.50. The van der Waals surface area contributed by atoms with E-state index < -0.39 is 0 Å². The number of hydrogen-bond donors (Lipinski definition) is 1. The van der Waals surface area contributed by atoms with Crippen LogP contribution in [0.2, 0.25) is 0 Å². The fraction of sp³-hybridized carbons (Fsp3) is 0.242. The first-order chi connectivity index (χ1) is 20.1. The van der Waals surface area contributed by atoms with Crippen LogP contribution in [0.1, 0.15) is 16.8 Å². The van der Waals surface area contributed by atoms with Gasteiger partial charge in [-0.15, -0.1) is 0 Å². The molecular formula is C33H33N5O3. The molecule has 5 aromatic rings. The Morgan fingerprint density at radius 1 is 0.854 bits per heavy atom. The maximum absolute atomic E-state index is 12.8. The molecule has 6 rings (SSSR count). The molecule has 0 aliphatic carbocycles. The number of aryl methyl sites for hydroxylation is 1. The van der Waals surface area contributed by atoms with Crippen molar-refractivity contribution in [3.63, 3.8) is 0 Å². The number of rotatable bonds is 7. The van der Waals surface area contributed by atoms with Crippen molar-refractivity contribution in [2.75, 3.05) is 37.7 Å². The first-order valence-electron chi connectivity index (χ1n) is 14.0. The zero-order valence-electron chi connectivity index (χ0n) is 23.1. The minimum absolute atomic E-state index is 0.0964. The molecule has 0 atom stereocenters. The summed E-state index contributed by atoms with van der Waals surface area (Å²) in [7, 11) is 0. The summed E-state index contributed by atoms with van der Waals surface area (Å²) in [6.07, 6.45) is 0.294. The van der Waals surface area contributed by atoms with E-state index in [0.717, 1.165) is 50.7 Å². The number of nitrogens with zero attached hydrogens (tertiary/aromatic N) is 5. The quantitative estimate of drug-likeness (QED) is 0.295. The van der Waals surface area contributed by atoms with Gasteiger partial charge in [0, 0.05) is 50.0 Å². The molecule has 3 heterocycles. The van der Waals surface area contributed by atoms with E-state index in [1.165, 1.54) is 0 Å². The predicted octanol–water partition coefficient (Wildman–Crippen LogP) is 5.37. The summed E-state index contributed by atoms with van der Waals surface area (Å²) in [5.74, 6) is 0.931. The minimum atomic E-state index is -0.295. The molecule has 1 N–H and O–H groups in total. The summed E-state index contributed by atoms with van der Waals surface area (Å²) in [6.45, 7) is 4.75. The van der Waals surface area contributed by atoms with Crippen LogP contribution in [0.25, 0.3) is 28.0 Å². The highest BCUT2D eigenvalue weighted by atomic mass is 16.6. The third-order valence-electron chi connectivity index (χ3n) is 7.50. The molecular weight excluding hydrogens is 514 g/mol. The lowest BCUT2D eigenvalue weighted by molar-refractivity contribution is 0.0941. The summed E-state index contributed by atoms with van der Waals surface area (Å²) in [6, 6.07) is 30.2. The van der Waals surface area contributed by atoms with Gasteiger partial charge in [-0.2, -0.15) is 9.61 Å². The topological polar surface area (TPSA) is 83.2 Å². The fourth-order valence-corrected chi connectivity index (χ4v) is 5.37. The van der Waals surface area contributed by atoms with Gasteiger partial charge in [-0.3, -0.25) is 0 Å². The molecule has 3 aromatic carbocycles. The van der Waals surface area contributed by atoms with Crippen molar-refractivity contribution in [2.24, 2.45) is 0 Å². The first-order valence-corrected chi connectivity index (χ1v) is 14.0. The first kappa shape index (κ1) is 26.5. The van der Waals surface area contributed by atoms with Crippen LogP contribution in [0, 0.1) is 6.92 Å². The van der Waals surface area contributed by atoms with Crippen LogP contribution < -0.4 is 4.90 Å². The monoisotopic (exact) mass is 547 g/mol. The van der Waals surface area contributed by atoms with Crippen molar-refractivity contribution in [1.29, 1.82) is 0 Å². The number of carbonyl (C=O) groups is 1. The maximum Gasteiger partial charge on any atom is 0.410 e. The molecule has 208 valence electrons. The second-order valence-electron chi connectivity index (χ2n) is 10.2. The number of aliphatic hydroxyl groups excluding tert-OH is 1. The Morgan fingerprint density at radius 3 is 2.27 bits per heavy atom. The Hall–Kier alpha value is -4.69. The van der Waals surface area contributed by atoms with Crippen molar-refractivity contribution in [2.45, 2.75) is 20.0 Å². The molecule has 1 fully saturated rings. The van der Waals surface area contributed by atoms with Crippen LogP contribution in [0.3, 0.4) is 0 Å². The lowest BCUT2D eigenvalue weighted by Gasteiger charge is -2.35. The Labute approximate surface area is 239 Å². The molecule has 41 heavy (non-hydrogen) atoms. The minimum Gasteiger partial charge on any atom is -0.445 e. The molecule has 1 saturated heterocycles. The van der Waals surface area contributed by atoms with Gasteiger partial charge in [-0.1, -0.05) is 78.9 Å². The Morgan fingerprint density at radius 2 is 1.54 bits per heavy atom. The van der Waals surface area contributed by atoms with Crippen molar-refractivity contribution < 1.29 is 14.6 Å². The number of piperazine rings is 1. The summed E-state index contributed by atoms with van der Waals surface area (Å²) >= 11 is 0. The zero-order chi connectivity index (χ0) is 28.2. The molecule has 1 aliphatic rings. The number of anilines is 1. The van der Waals surface area contributed by atoms with Crippen LogP contribution >= 0.6 is 0 Å². The zero-order valence-corrected chi connectivity index (χ0v) is 23.1. The second-order valence-corrected chi connectivity index (χ2v) is 10.2. The fourth-order valence-electron chi connectivity index (χ4n) is 5.37. The van der Waals surface area contributed by atoms with E-state index >= 15 is 0 Å². The maximum atomic E-state index is 12.8. The van der Waals surface area contributed by atoms with Crippen LogP contribution in [-0.4, -0.2) is 63.5 Å². The van der Waals surface area contributed by atoms with E-state index in [0.29, 0.717) is 32.6 Å². The summed E-state index contributed by atoms with van der Waals surface area (Å²) in [4.78, 5) is 21.9. The van der Waals surface area contributed by atoms with Crippen LogP contribution in [-0.2, 0) is 17.8 Å². The highest BCUT2D eigenvalue weighted by molar-refractivity contribution is 5.83. The molecule has 8 heteroatoms. The average Bonchev–Trinajstić information content (AvgIpc) is 3.36. The summed E-state index contributed by atoms with van der Waals surface area (Å²) in [5.41, 5.74) is 7.62. The van der Waals surface area contributed by atoms with Crippen molar-refractivity contribution in [3.05, 3.63) is 108 Å². The van der Waals surface area contributed by atoms with Gasteiger partial charge >= 0.3 is 6.09 Å². The number of benzene rings is 3. The van der Waals surface area contributed by atoms with E-state index in [-0.39, 0.29) is 19.3 Å². The van der Waals surface area contributed by atoms with E-state index in [4.69, 9.17) is 14.8 Å². The number of aliphatic hydroxyl groups is 1. The van der Waals surface area contributed by atoms with Gasteiger partial charge in [0.05, 0.1) is 11.4 Å². The second kappa shape index (κ2) is 11.8. The lowest BCUT2D eigenvalue weighted by Crippen LogP contribution is -2.49. The van der Waals surface area contributed by atoms with E-state index in [2.05, 4.69) is 35.2 Å². The standard InChI is InChI=1S/C33H33N5O3/c1-24-31(27-12-6-3-7-13-27)32-34-29(28-14-8-11-25(21-28)15-20-39)22-30(38(32)35-24)36-16-18-37(19-17-36)33(40)41-23-26-9-4-2-5-10-26/h2-14,21-22,39H,15-20,23H2,1H3. The molecule has 0 saturated carbocycles. The molecule has 0 unspecified atom stereocenters. The molecule has 0 bridgehead atoms. The highest BCUT2D eigenvalue weighted by Crippen LogP contribution is 2.33. The molecule has 8 nitrogen and oxygen atoms in total. The van der Waals surface area contributed by atoms with Crippen LogP contribution in [0.5, 0.6) is 0 Å². The van der Waals surface area contributed by atoms with Crippen molar-refractivity contribution >= 4 is 17.6 Å². The van der Waals surface area contributed by atoms with E-state index in [9.17, 15) is 9.90 Å². The van der Waals surface area contributed by atoms with Crippen molar-refractivity contribution in [1.82, 2.24) is 19.5 Å². The van der Waals surface area contributed by atoms with E-state index in [1.54, 1.807) is 4.90 Å². The lowest BCUT2D eigenvalue weighted by atomic mass is 10.0. The predicted molar refractivity (Wildman–Crippen MR) is 160 cm³/mol. The van der Waals surface area contributed by atoms with Gasteiger partial charge in [0.2, 0.25) is 0 Å². The SMILES string of the molecule is Cc1nn2c(N3CCN(C(=O)OCc4ccccc4)CC3)cc(-c3cccc(CCO)c3)nc2c1-c1ccccc1. The third kappa shape index (κ3) is 5.64. The van der Waals surface area contributed by atoms with Gasteiger partial charge in [0.15, 0.2) is 5.65 Å². The van der Waals surface area contributed by atoms with Gasteiger partial charge < -0.3 is 19.6 Å². The average molecular weight is 548 g/mol. The normalized spacial score (nSPS) is 13.5. The molecule has 1 aliphatic heterocycles. The largest absolute Gasteiger partial charge is 0.445 e. The number of hydrogen-bond acceptors (Lipinski definition) is 6. The number of ether oxygens (including phenoxy) is 1. The summed E-state index contributed by atoms with van der Waals surface area (Å²) in [5, 5.41) is 14.4. The van der Waals surface area contributed by atoms with Gasteiger partial charge in [-0.05, 0) is 36.1 Å². The highest BCUT2D eigenvalue weighted by Gasteiger charge is 2.26. The van der Waals surface area contributed by atoms with Crippen LogP contribution in [0.15, 0.2) is 91.0 Å². The van der Waals surface area contributed by atoms with Crippen molar-refractivity contribution in [3.8, 4) is 22.4 Å². The van der Waals surface area contributed by atoms with Crippen LogP contribution in [0.4, 0.5) is 10.6 Å². The Balaban J connectivity index is 1.32. The molecule has 2 aromatic heterocycles. The Kier molecular flexibility index (Phi) is 7.65. The summed E-state index contributed by atoms with van der Waals surface area (Å²) < 4.78 is 7.51. The molecule has 0 spiro atoms. The number of aromatic nitrogens is 3. The van der Waals surface area contributed by atoms with Gasteiger partial charge in [0.1, 0.15) is 12.4 Å². The van der Waals surface area contributed by atoms with Gasteiger partial charge in [-0.25, -0.2) is 9.78 Å². The smallest absolute Gasteiger partial charge is 0.410 e. The molecule has 1 amide bonds. The number of carbonyl (C=O) groups excluding carboxylic acids is 1. The number of amides is 1. The van der Waals surface area contributed by atoms with E-state index in [1.807, 2.05) is 72.1 Å². The Bertz CT molecular complexity index is 1640. The number of fused-ring (bicyclic) bond motifs is 1. The molecule has 0 radical (unpaired) electrons. The van der Waals surface area contributed by atoms with Gasteiger partial charge in [0.25, 0.3) is 0 Å².